The third-order valence-corrected chi connectivity index (χ3v) is 2.10. The van der Waals surface area contributed by atoms with Gasteiger partial charge < -0.3 is 10.4 Å². The van der Waals surface area contributed by atoms with Gasteiger partial charge in [0.2, 0.25) is 5.91 Å². The van der Waals surface area contributed by atoms with Crippen molar-refractivity contribution in [1.82, 2.24) is 5.32 Å². The van der Waals surface area contributed by atoms with Gasteiger partial charge in [0.25, 0.3) is 0 Å². The highest BCUT2D eigenvalue weighted by Gasteiger charge is 2.18. The molecule has 82 valence electrons. The Balaban J connectivity index is 3.97. The average molecular weight is 222 g/mol. The summed E-state index contributed by atoms with van der Waals surface area (Å²) in [5.41, 5.74) is 0. The van der Waals surface area contributed by atoms with Crippen LogP contribution >= 0.6 is 11.6 Å². The second-order valence-corrected chi connectivity index (χ2v) is 3.90. The molecule has 0 aromatic rings. The number of carbonyl (C=O) groups excluding carboxylic acids is 1. The monoisotopic (exact) mass is 221 g/mol. The molecule has 0 fully saturated rings. The summed E-state index contributed by atoms with van der Waals surface area (Å²) in [4.78, 5) is 21.5. The normalized spacial score (nSPS) is 12.6. The van der Waals surface area contributed by atoms with Crippen molar-refractivity contribution in [3.63, 3.8) is 0 Å². The van der Waals surface area contributed by atoms with Gasteiger partial charge in [-0.2, -0.15) is 0 Å². The Morgan fingerprint density at radius 1 is 1.43 bits per heavy atom. The van der Waals surface area contributed by atoms with Crippen molar-refractivity contribution in [1.29, 1.82) is 0 Å². The highest BCUT2D eigenvalue weighted by molar-refractivity contribution is 6.19. The first kappa shape index (κ1) is 13.2. The number of aliphatic carboxylic acids is 1. The van der Waals surface area contributed by atoms with Gasteiger partial charge in [-0.05, 0) is 12.3 Å². The maximum atomic E-state index is 11.4. The molecule has 0 bridgehead atoms. The summed E-state index contributed by atoms with van der Waals surface area (Å²) in [7, 11) is 0. The molecule has 1 amide bonds. The van der Waals surface area contributed by atoms with E-state index in [4.69, 9.17) is 16.7 Å². The zero-order valence-electron chi connectivity index (χ0n) is 8.42. The molecule has 4 nitrogen and oxygen atoms in total. The van der Waals surface area contributed by atoms with Gasteiger partial charge in [0.05, 0.1) is 5.92 Å². The molecule has 0 spiro atoms. The van der Waals surface area contributed by atoms with Crippen LogP contribution in [0.3, 0.4) is 0 Å². The van der Waals surface area contributed by atoms with E-state index in [1.807, 2.05) is 13.8 Å². The number of carboxylic acid groups (broad SMARTS) is 1. The van der Waals surface area contributed by atoms with E-state index in [1.165, 1.54) is 0 Å². The summed E-state index contributed by atoms with van der Waals surface area (Å²) in [5, 5.41) is 10.7. The van der Waals surface area contributed by atoms with Crippen molar-refractivity contribution in [2.45, 2.75) is 20.3 Å². The van der Waals surface area contributed by atoms with Gasteiger partial charge in [-0.3, -0.25) is 9.59 Å². The maximum Gasteiger partial charge on any atom is 0.322 e. The van der Waals surface area contributed by atoms with E-state index in [2.05, 4.69) is 5.32 Å². The number of carboxylic acids is 1. The number of hydrogen-bond acceptors (Lipinski definition) is 2. The molecule has 0 unspecified atom stereocenters. The van der Waals surface area contributed by atoms with Crippen LogP contribution < -0.4 is 5.32 Å². The standard InChI is InChI=1S/C9H16ClNO3/c1-6(2)3-7(4-10)9(14)11-5-8(12)13/h6-7H,3-5H2,1-2H3,(H,11,14)(H,12,13)/t7-/m1/s1. The fourth-order valence-electron chi connectivity index (χ4n) is 1.12. The summed E-state index contributed by atoms with van der Waals surface area (Å²) in [6.45, 7) is 3.64. The molecule has 0 aromatic heterocycles. The van der Waals surface area contributed by atoms with Crippen LogP contribution in [-0.4, -0.2) is 29.4 Å². The van der Waals surface area contributed by atoms with Crippen LogP contribution in [0.15, 0.2) is 0 Å². The lowest BCUT2D eigenvalue weighted by Gasteiger charge is -2.14. The number of hydrogen-bond donors (Lipinski definition) is 2. The number of rotatable bonds is 6. The Morgan fingerprint density at radius 3 is 2.36 bits per heavy atom. The van der Waals surface area contributed by atoms with E-state index in [-0.39, 0.29) is 24.2 Å². The molecule has 0 aliphatic carbocycles. The summed E-state index contributed by atoms with van der Waals surface area (Å²) < 4.78 is 0. The predicted octanol–water partition coefficient (Wildman–Crippen LogP) is 1.09. The first-order valence-electron chi connectivity index (χ1n) is 4.52. The lowest BCUT2D eigenvalue weighted by Crippen LogP contribution is -2.35. The number of alkyl halides is 1. The van der Waals surface area contributed by atoms with Crippen LogP contribution in [0.1, 0.15) is 20.3 Å². The number of nitrogens with one attached hydrogen (secondary N) is 1. The average Bonchev–Trinajstić information content (AvgIpc) is 2.09. The first-order chi connectivity index (χ1) is 6.47. The molecular weight excluding hydrogens is 206 g/mol. The largest absolute Gasteiger partial charge is 0.480 e. The third kappa shape index (κ3) is 5.80. The van der Waals surface area contributed by atoms with Gasteiger partial charge in [-0.15, -0.1) is 11.6 Å². The second-order valence-electron chi connectivity index (χ2n) is 3.59. The van der Waals surface area contributed by atoms with E-state index in [0.717, 1.165) is 0 Å². The number of amides is 1. The zero-order valence-corrected chi connectivity index (χ0v) is 9.17. The lowest BCUT2D eigenvalue weighted by atomic mass is 9.98. The Bertz CT molecular complexity index is 206. The SMILES string of the molecule is CC(C)C[C@H](CCl)C(=O)NCC(=O)O. The molecule has 14 heavy (non-hydrogen) atoms. The number of halogens is 1. The van der Waals surface area contributed by atoms with E-state index in [0.29, 0.717) is 12.3 Å². The lowest BCUT2D eigenvalue weighted by molar-refractivity contribution is -0.138. The second kappa shape index (κ2) is 6.65. The molecule has 0 saturated carbocycles. The van der Waals surface area contributed by atoms with Crippen LogP contribution in [-0.2, 0) is 9.59 Å². The molecule has 0 rings (SSSR count). The molecule has 0 aliphatic heterocycles. The molecule has 0 heterocycles. The molecule has 0 saturated heterocycles. The quantitative estimate of drug-likeness (QED) is 0.660. The van der Waals surface area contributed by atoms with E-state index >= 15 is 0 Å². The fraction of sp³-hybridized carbons (Fsp3) is 0.778. The molecule has 0 aromatic carbocycles. The summed E-state index contributed by atoms with van der Waals surface area (Å²) in [6, 6.07) is 0. The van der Waals surface area contributed by atoms with Gasteiger partial charge in [0, 0.05) is 5.88 Å². The smallest absolute Gasteiger partial charge is 0.322 e. The highest BCUT2D eigenvalue weighted by atomic mass is 35.5. The topological polar surface area (TPSA) is 66.4 Å². The van der Waals surface area contributed by atoms with E-state index in [1.54, 1.807) is 0 Å². The molecule has 1 atom stereocenters. The highest BCUT2D eigenvalue weighted by Crippen LogP contribution is 2.13. The summed E-state index contributed by atoms with van der Waals surface area (Å²) in [5.74, 6) is -1.03. The summed E-state index contributed by atoms with van der Waals surface area (Å²) in [6.07, 6.45) is 0.676. The van der Waals surface area contributed by atoms with Crippen molar-refractivity contribution < 1.29 is 14.7 Å². The minimum absolute atomic E-state index is 0.226. The van der Waals surface area contributed by atoms with Crippen molar-refractivity contribution in [2.24, 2.45) is 11.8 Å². The van der Waals surface area contributed by atoms with Gasteiger partial charge in [-0.25, -0.2) is 0 Å². The van der Waals surface area contributed by atoms with Crippen LogP contribution in [0.2, 0.25) is 0 Å². The van der Waals surface area contributed by atoms with Gasteiger partial charge in [0.1, 0.15) is 6.54 Å². The van der Waals surface area contributed by atoms with Crippen LogP contribution in [0.5, 0.6) is 0 Å². The molecule has 2 N–H and O–H groups in total. The van der Waals surface area contributed by atoms with E-state index < -0.39 is 5.97 Å². The third-order valence-electron chi connectivity index (χ3n) is 1.73. The van der Waals surface area contributed by atoms with Crippen molar-refractivity contribution in [3.05, 3.63) is 0 Å². The number of carbonyl (C=O) groups is 2. The molecular formula is C9H16ClNO3. The molecule has 0 aliphatic rings. The Hall–Kier alpha value is -0.770. The van der Waals surface area contributed by atoms with Crippen molar-refractivity contribution in [2.75, 3.05) is 12.4 Å². The fourth-order valence-corrected chi connectivity index (χ4v) is 1.38. The Kier molecular flexibility index (Phi) is 6.28. The van der Waals surface area contributed by atoms with Crippen LogP contribution in [0.4, 0.5) is 0 Å². The summed E-state index contributed by atoms with van der Waals surface area (Å²) >= 11 is 5.61. The van der Waals surface area contributed by atoms with Crippen molar-refractivity contribution >= 4 is 23.5 Å². The van der Waals surface area contributed by atoms with Gasteiger partial charge in [0.15, 0.2) is 0 Å². The van der Waals surface area contributed by atoms with E-state index in [9.17, 15) is 9.59 Å². The van der Waals surface area contributed by atoms with Crippen LogP contribution in [0, 0.1) is 11.8 Å². The van der Waals surface area contributed by atoms with Gasteiger partial charge in [-0.1, -0.05) is 13.8 Å². The van der Waals surface area contributed by atoms with Crippen LogP contribution in [0.25, 0.3) is 0 Å². The van der Waals surface area contributed by atoms with Gasteiger partial charge >= 0.3 is 5.97 Å². The minimum atomic E-state index is -1.05. The first-order valence-corrected chi connectivity index (χ1v) is 5.06. The molecule has 5 heteroatoms. The minimum Gasteiger partial charge on any atom is -0.480 e. The van der Waals surface area contributed by atoms with Crippen molar-refractivity contribution in [3.8, 4) is 0 Å². The Morgan fingerprint density at radius 2 is 2.00 bits per heavy atom. The molecule has 0 radical (unpaired) electrons. The maximum absolute atomic E-state index is 11.4. The predicted molar refractivity (Wildman–Crippen MR) is 54.3 cm³/mol. The Labute approximate surface area is 88.6 Å². The zero-order chi connectivity index (χ0) is 11.1.